The third-order valence-electron chi connectivity index (χ3n) is 3.00. The summed E-state index contributed by atoms with van der Waals surface area (Å²) in [6.45, 7) is 9.45. The maximum atomic E-state index is 9.29. The maximum absolute atomic E-state index is 9.29. The van der Waals surface area contributed by atoms with Crippen LogP contribution in [0.25, 0.3) is 0 Å². The lowest BCUT2D eigenvalue weighted by Gasteiger charge is -2.06. The van der Waals surface area contributed by atoms with E-state index in [1.165, 1.54) is 32.8 Å². The monoisotopic (exact) mass is 312 g/mol. The Balaban J connectivity index is 0.000000433. The van der Waals surface area contributed by atoms with Gasteiger partial charge in [0.05, 0.1) is 13.7 Å². The first kappa shape index (κ1) is 20.7. The zero-order valence-corrected chi connectivity index (χ0v) is 14.6. The van der Waals surface area contributed by atoms with Crippen LogP contribution in [0.5, 0.6) is 11.5 Å². The average molecular weight is 312 g/mol. The summed E-state index contributed by atoms with van der Waals surface area (Å²) < 4.78 is 15.5. The average Bonchev–Trinajstić information content (AvgIpc) is 2.54. The molecule has 4 heteroatoms. The SMILES string of the molecule is CCCCOCCCC.CCOCc1ccc(O)c(OC)c1. The van der Waals surface area contributed by atoms with Crippen LogP contribution in [-0.4, -0.2) is 32.0 Å². The van der Waals surface area contributed by atoms with Crippen molar-refractivity contribution >= 4 is 0 Å². The highest BCUT2D eigenvalue weighted by Gasteiger charge is 2.01. The van der Waals surface area contributed by atoms with Gasteiger partial charge in [-0.2, -0.15) is 0 Å². The molecule has 0 unspecified atom stereocenters. The molecule has 0 saturated carbocycles. The van der Waals surface area contributed by atoms with E-state index < -0.39 is 0 Å². The molecular weight excluding hydrogens is 280 g/mol. The van der Waals surface area contributed by atoms with Crippen molar-refractivity contribution in [3.05, 3.63) is 23.8 Å². The topological polar surface area (TPSA) is 47.9 Å². The van der Waals surface area contributed by atoms with E-state index in [1.807, 2.05) is 13.0 Å². The number of ether oxygens (including phenoxy) is 3. The van der Waals surface area contributed by atoms with Crippen molar-refractivity contribution in [2.45, 2.75) is 53.1 Å². The summed E-state index contributed by atoms with van der Waals surface area (Å²) >= 11 is 0. The molecule has 1 N–H and O–H groups in total. The summed E-state index contributed by atoms with van der Waals surface area (Å²) in [5, 5.41) is 9.29. The van der Waals surface area contributed by atoms with E-state index >= 15 is 0 Å². The van der Waals surface area contributed by atoms with Gasteiger partial charge in [0.1, 0.15) is 0 Å². The second-order valence-electron chi connectivity index (χ2n) is 4.96. The molecule has 0 heterocycles. The van der Waals surface area contributed by atoms with E-state index in [0.717, 1.165) is 18.8 Å². The van der Waals surface area contributed by atoms with E-state index in [4.69, 9.17) is 14.2 Å². The Bertz CT molecular complexity index is 360. The van der Waals surface area contributed by atoms with Crippen LogP contribution < -0.4 is 4.74 Å². The van der Waals surface area contributed by atoms with E-state index in [9.17, 15) is 5.11 Å². The van der Waals surface area contributed by atoms with Gasteiger partial charge in [0, 0.05) is 19.8 Å². The second kappa shape index (κ2) is 14.7. The van der Waals surface area contributed by atoms with Gasteiger partial charge in [-0.25, -0.2) is 0 Å². The van der Waals surface area contributed by atoms with Crippen LogP contribution in [-0.2, 0) is 16.1 Å². The minimum absolute atomic E-state index is 0.155. The van der Waals surface area contributed by atoms with Crippen LogP contribution >= 0.6 is 0 Å². The third-order valence-corrected chi connectivity index (χ3v) is 3.00. The number of hydrogen-bond acceptors (Lipinski definition) is 4. The van der Waals surface area contributed by atoms with E-state index in [-0.39, 0.29) is 5.75 Å². The number of rotatable bonds is 10. The van der Waals surface area contributed by atoms with Crippen LogP contribution in [0.4, 0.5) is 0 Å². The summed E-state index contributed by atoms with van der Waals surface area (Å²) in [6.07, 6.45) is 4.91. The molecule has 0 atom stereocenters. The molecule has 128 valence electrons. The highest BCUT2D eigenvalue weighted by atomic mass is 16.5. The van der Waals surface area contributed by atoms with E-state index in [1.54, 1.807) is 12.1 Å². The molecule has 1 rings (SSSR count). The van der Waals surface area contributed by atoms with Gasteiger partial charge in [0.25, 0.3) is 0 Å². The van der Waals surface area contributed by atoms with Gasteiger partial charge in [-0.1, -0.05) is 32.8 Å². The first-order valence-electron chi connectivity index (χ1n) is 8.20. The Morgan fingerprint density at radius 2 is 1.59 bits per heavy atom. The van der Waals surface area contributed by atoms with Gasteiger partial charge >= 0.3 is 0 Å². The molecule has 0 aromatic heterocycles. The Kier molecular flexibility index (Phi) is 13.8. The van der Waals surface area contributed by atoms with E-state index in [2.05, 4.69) is 13.8 Å². The number of hydrogen-bond donors (Lipinski definition) is 1. The minimum atomic E-state index is 0.155. The fraction of sp³-hybridized carbons (Fsp3) is 0.667. The minimum Gasteiger partial charge on any atom is -0.504 e. The van der Waals surface area contributed by atoms with Gasteiger partial charge in [-0.3, -0.25) is 0 Å². The second-order valence-corrected chi connectivity index (χ2v) is 4.96. The fourth-order valence-corrected chi connectivity index (χ4v) is 1.63. The summed E-state index contributed by atoms with van der Waals surface area (Å²) in [5.41, 5.74) is 0.997. The molecular formula is C18H32O4. The van der Waals surface area contributed by atoms with Crippen molar-refractivity contribution in [2.75, 3.05) is 26.9 Å². The lowest BCUT2D eigenvalue weighted by molar-refractivity contribution is 0.128. The largest absolute Gasteiger partial charge is 0.504 e. The molecule has 0 aliphatic rings. The zero-order valence-electron chi connectivity index (χ0n) is 14.6. The van der Waals surface area contributed by atoms with Gasteiger partial charge in [0.15, 0.2) is 11.5 Å². The molecule has 0 radical (unpaired) electrons. The number of unbranched alkanes of at least 4 members (excludes halogenated alkanes) is 2. The molecule has 0 saturated heterocycles. The lowest BCUT2D eigenvalue weighted by Crippen LogP contribution is -1.95. The zero-order chi connectivity index (χ0) is 16.6. The molecule has 0 aliphatic heterocycles. The molecule has 4 nitrogen and oxygen atoms in total. The molecule has 22 heavy (non-hydrogen) atoms. The maximum Gasteiger partial charge on any atom is 0.160 e. The molecule has 1 aromatic rings. The highest BCUT2D eigenvalue weighted by molar-refractivity contribution is 5.41. The van der Waals surface area contributed by atoms with Gasteiger partial charge in [0.2, 0.25) is 0 Å². The van der Waals surface area contributed by atoms with Crippen molar-refractivity contribution in [3.8, 4) is 11.5 Å². The Hall–Kier alpha value is -1.26. The smallest absolute Gasteiger partial charge is 0.160 e. The number of methoxy groups -OCH3 is 1. The van der Waals surface area contributed by atoms with Crippen LogP contribution in [0.3, 0.4) is 0 Å². The van der Waals surface area contributed by atoms with Crippen LogP contribution in [0.2, 0.25) is 0 Å². The highest BCUT2D eigenvalue weighted by Crippen LogP contribution is 2.26. The van der Waals surface area contributed by atoms with Crippen molar-refractivity contribution in [3.63, 3.8) is 0 Å². The standard InChI is InChI=1S/C10H14O3.C8H18O/c1-3-13-7-8-4-5-9(11)10(6-8)12-2;1-3-5-7-9-8-6-4-2/h4-6,11H,3,7H2,1-2H3;3-8H2,1-2H3. The van der Waals surface area contributed by atoms with Crippen molar-refractivity contribution in [2.24, 2.45) is 0 Å². The van der Waals surface area contributed by atoms with Crippen molar-refractivity contribution < 1.29 is 19.3 Å². The number of phenolic OH excluding ortho intramolecular Hbond substituents is 1. The molecule has 1 aromatic carbocycles. The Morgan fingerprint density at radius 3 is 2.09 bits per heavy atom. The quantitative estimate of drug-likeness (QED) is 0.644. The molecule has 0 aliphatic carbocycles. The number of benzene rings is 1. The molecule has 0 amide bonds. The lowest BCUT2D eigenvalue weighted by atomic mass is 10.2. The van der Waals surface area contributed by atoms with Crippen molar-refractivity contribution in [1.82, 2.24) is 0 Å². The van der Waals surface area contributed by atoms with Gasteiger partial charge < -0.3 is 19.3 Å². The normalized spacial score (nSPS) is 10.0. The third kappa shape index (κ3) is 10.5. The fourth-order valence-electron chi connectivity index (χ4n) is 1.63. The summed E-state index contributed by atoms with van der Waals surface area (Å²) in [4.78, 5) is 0. The summed E-state index contributed by atoms with van der Waals surface area (Å²) in [6, 6.07) is 5.19. The predicted octanol–water partition coefficient (Wildman–Crippen LogP) is 4.54. The molecule has 0 fully saturated rings. The predicted molar refractivity (Wildman–Crippen MR) is 90.6 cm³/mol. The van der Waals surface area contributed by atoms with Crippen LogP contribution in [0, 0.1) is 0 Å². The van der Waals surface area contributed by atoms with Gasteiger partial charge in [-0.15, -0.1) is 0 Å². The van der Waals surface area contributed by atoms with Crippen LogP contribution in [0.1, 0.15) is 52.0 Å². The van der Waals surface area contributed by atoms with Crippen LogP contribution in [0.15, 0.2) is 18.2 Å². The number of phenols is 1. The summed E-state index contributed by atoms with van der Waals surface area (Å²) in [5.74, 6) is 0.639. The first-order chi connectivity index (χ1) is 10.7. The first-order valence-corrected chi connectivity index (χ1v) is 8.20. The molecule has 0 spiro atoms. The Labute approximate surface area is 135 Å². The van der Waals surface area contributed by atoms with E-state index in [0.29, 0.717) is 19.0 Å². The summed E-state index contributed by atoms with van der Waals surface area (Å²) in [7, 11) is 1.53. The van der Waals surface area contributed by atoms with Crippen molar-refractivity contribution in [1.29, 1.82) is 0 Å². The number of aromatic hydroxyl groups is 1. The molecule has 0 bridgehead atoms. The Morgan fingerprint density at radius 1 is 0.955 bits per heavy atom. The van der Waals surface area contributed by atoms with Gasteiger partial charge in [-0.05, 0) is 37.5 Å².